The van der Waals surface area contributed by atoms with Crippen LogP contribution in [0.2, 0.25) is 0 Å². The molecule has 1 N–H and O–H groups in total. The summed E-state index contributed by atoms with van der Waals surface area (Å²) < 4.78 is 0. The van der Waals surface area contributed by atoms with Crippen molar-refractivity contribution in [2.75, 3.05) is 12.4 Å². The molecule has 0 saturated heterocycles. The fourth-order valence-corrected chi connectivity index (χ4v) is 3.36. The van der Waals surface area contributed by atoms with Gasteiger partial charge in [-0.1, -0.05) is 37.3 Å². The van der Waals surface area contributed by atoms with E-state index in [1.165, 1.54) is 16.9 Å². The van der Waals surface area contributed by atoms with Gasteiger partial charge in [-0.15, -0.1) is 11.3 Å². The molecule has 1 aromatic heterocycles. The fraction of sp³-hybridized carbons (Fsp3) is 0.182. The van der Waals surface area contributed by atoms with Crippen molar-refractivity contribution in [3.63, 3.8) is 0 Å². The Bertz CT molecular complexity index is 901. The summed E-state index contributed by atoms with van der Waals surface area (Å²) in [5.74, 6) is -0.192. The maximum absolute atomic E-state index is 12.6. The number of carbonyl (C=O) groups excluding carboxylic acids is 2. The Labute approximate surface area is 163 Å². The number of amides is 2. The highest BCUT2D eigenvalue weighted by atomic mass is 32.1. The topological polar surface area (TPSA) is 49.4 Å². The molecule has 5 heteroatoms. The molecule has 0 aliphatic carbocycles. The Balaban J connectivity index is 1.61. The molecule has 0 saturated carbocycles. The van der Waals surface area contributed by atoms with Crippen molar-refractivity contribution in [1.29, 1.82) is 0 Å². The van der Waals surface area contributed by atoms with E-state index in [0.717, 1.165) is 12.0 Å². The molecule has 4 nitrogen and oxygen atoms in total. The number of rotatable bonds is 6. The van der Waals surface area contributed by atoms with E-state index in [4.69, 9.17) is 0 Å². The molecule has 0 unspecified atom stereocenters. The van der Waals surface area contributed by atoms with Crippen molar-refractivity contribution in [1.82, 2.24) is 4.90 Å². The zero-order chi connectivity index (χ0) is 19.2. The van der Waals surface area contributed by atoms with Crippen LogP contribution in [0.5, 0.6) is 0 Å². The van der Waals surface area contributed by atoms with Crippen LogP contribution < -0.4 is 5.32 Å². The van der Waals surface area contributed by atoms with Gasteiger partial charge in [0.2, 0.25) is 0 Å². The highest BCUT2D eigenvalue weighted by molar-refractivity contribution is 7.12. The van der Waals surface area contributed by atoms with Crippen LogP contribution in [0, 0.1) is 0 Å². The lowest BCUT2D eigenvalue weighted by Crippen LogP contribution is -2.26. The minimum absolute atomic E-state index is 0.0503. The molecule has 3 aromatic rings. The van der Waals surface area contributed by atoms with Crippen LogP contribution in [0.1, 0.15) is 38.1 Å². The highest BCUT2D eigenvalue weighted by Crippen LogP contribution is 2.16. The molecule has 3 rings (SSSR count). The van der Waals surface area contributed by atoms with Crippen LogP contribution >= 0.6 is 11.3 Å². The van der Waals surface area contributed by atoms with Gasteiger partial charge >= 0.3 is 0 Å². The minimum atomic E-state index is -0.142. The average Bonchev–Trinajstić information content (AvgIpc) is 3.23. The second-order valence-electron chi connectivity index (χ2n) is 6.34. The van der Waals surface area contributed by atoms with Gasteiger partial charge in [0.25, 0.3) is 11.8 Å². The third-order valence-electron chi connectivity index (χ3n) is 4.33. The van der Waals surface area contributed by atoms with E-state index in [1.807, 2.05) is 11.4 Å². The summed E-state index contributed by atoms with van der Waals surface area (Å²) in [5.41, 5.74) is 3.65. The molecule has 2 amide bonds. The van der Waals surface area contributed by atoms with Gasteiger partial charge in [0.15, 0.2) is 0 Å². The summed E-state index contributed by atoms with van der Waals surface area (Å²) in [7, 11) is 1.79. The Morgan fingerprint density at radius 2 is 1.63 bits per heavy atom. The van der Waals surface area contributed by atoms with Crippen LogP contribution in [0.15, 0.2) is 66.0 Å². The molecule has 0 aliphatic rings. The van der Waals surface area contributed by atoms with Crippen molar-refractivity contribution in [2.45, 2.75) is 19.9 Å². The molecule has 0 fully saturated rings. The van der Waals surface area contributed by atoms with E-state index in [9.17, 15) is 9.59 Å². The first-order valence-corrected chi connectivity index (χ1v) is 9.73. The lowest BCUT2D eigenvalue weighted by molar-refractivity contribution is 0.0785. The number of hydrogen-bond acceptors (Lipinski definition) is 3. The van der Waals surface area contributed by atoms with Crippen molar-refractivity contribution in [3.8, 4) is 0 Å². The van der Waals surface area contributed by atoms with Crippen molar-refractivity contribution >= 4 is 28.8 Å². The van der Waals surface area contributed by atoms with Crippen molar-refractivity contribution in [2.24, 2.45) is 0 Å². The Kier molecular flexibility index (Phi) is 6.04. The smallest absolute Gasteiger partial charge is 0.265 e. The van der Waals surface area contributed by atoms with Crippen LogP contribution in [-0.2, 0) is 13.0 Å². The number of nitrogens with zero attached hydrogens (tertiary/aromatic N) is 1. The van der Waals surface area contributed by atoms with Crippen molar-refractivity contribution in [3.05, 3.63) is 87.6 Å². The molecule has 0 aliphatic heterocycles. The molecular formula is C22H22N2O2S. The third-order valence-corrected chi connectivity index (χ3v) is 5.20. The van der Waals surface area contributed by atoms with Gasteiger partial charge in [0.1, 0.15) is 0 Å². The van der Waals surface area contributed by atoms with Gasteiger partial charge in [-0.3, -0.25) is 9.59 Å². The van der Waals surface area contributed by atoms with Gasteiger partial charge < -0.3 is 10.2 Å². The standard InChI is InChI=1S/C22H22N2O2S/c1-3-16-6-8-17(9-7-16)15-24(2)22(26)18-10-12-19(13-11-18)23-21(25)20-5-4-14-27-20/h4-14H,3,15H2,1-2H3,(H,23,25). The van der Waals surface area contributed by atoms with E-state index in [2.05, 4.69) is 36.5 Å². The average molecular weight is 378 g/mol. The van der Waals surface area contributed by atoms with E-state index in [-0.39, 0.29) is 11.8 Å². The van der Waals surface area contributed by atoms with E-state index < -0.39 is 0 Å². The molecule has 2 aromatic carbocycles. The molecule has 0 spiro atoms. The molecular weight excluding hydrogens is 356 g/mol. The predicted molar refractivity (Wildman–Crippen MR) is 110 cm³/mol. The van der Waals surface area contributed by atoms with Gasteiger partial charge in [0, 0.05) is 24.8 Å². The maximum Gasteiger partial charge on any atom is 0.265 e. The first-order chi connectivity index (χ1) is 13.1. The van der Waals surface area contributed by atoms with E-state index in [0.29, 0.717) is 22.7 Å². The van der Waals surface area contributed by atoms with Gasteiger partial charge in [-0.25, -0.2) is 0 Å². The summed E-state index contributed by atoms with van der Waals surface area (Å²) in [6.45, 7) is 2.68. The quantitative estimate of drug-likeness (QED) is 0.667. The Hall–Kier alpha value is -2.92. The number of hydrogen-bond donors (Lipinski definition) is 1. The zero-order valence-corrected chi connectivity index (χ0v) is 16.3. The van der Waals surface area contributed by atoms with E-state index in [1.54, 1.807) is 42.3 Å². The largest absolute Gasteiger partial charge is 0.337 e. The van der Waals surface area contributed by atoms with Crippen LogP contribution in [0.4, 0.5) is 5.69 Å². The maximum atomic E-state index is 12.6. The molecule has 0 radical (unpaired) electrons. The summed E-state index contributed by atoms with van der Waals surface area (Å²) in [4.78, 5) is 27.1. The first-order valence-electron chi connectivity index (χ1n) is 8.85. The predicted octanol–water partition coefficient (Wildman–Crippen LogP) is 4.84. The molecule has 0 atom stereocenters. The fourth-order valence-electron chi connectivity index (χ4n) is 2.74. The summed E-state index contributed by atoms with van der Waals surface area (Å²) >= 11 is 1.39. The van der Waals surface area contributed by atoms with E-state index >= 15 is 0 Å². The number of nitrogens with one attached hydrogen (secondary N) is 1. The monoisotopic (exact) mass is 378 g/mol. The first kappa shape index (κ1) is 18.9. The Morgan fingerprint density at radius 1 is 0.963 bits per heavy atom. The van der Waals surface area contributed by atoms with Crippen molar-refractivity contribution < 1.29 is 9.59 Å². The SMILES string of the molecule is CCc1ccc(CN(C)C(=O)c2ccc(NC(=O)c3cccs3)cc2)cc1. The zero-order valence-electron chi connectivity index (χ0n) is 15.4. The van der Waals surface area contributed by atoms with Crippen LogP contribution in [0.3, 0.4) is 0 Å². The minimum Gasteiger partial charge on any atom is -0.337 e. The highest BCUT2D eigenvalue weighted by Gasteiger charge is 2.13. The molecule has 0 bridgehead atoms. The van der Waals surface area contributed by atoms with Crippen LogP contribution in [-0.4, -0.2) is 23.8 Å². The van der Waals surface area contributed by atoms with Gasteiger partial charge in [0.05, 0.1) is 4.88 Å². The summed E-state index contributed by atoms with van der Waals surface area (Å²) in [6.07, 6.45) is 1.00. The lowest BCUT2D eigenvalue weighted by atomic mass is 10.1. The second kappa shape index (κ2) is 8.64. The lowest BCUT2D eigenvalue weighted by Gasteiger charge is -2.18. The number of aryl methyl sites for hydroxylation is 1. The Morgan fingerprint density at radius 3 is 2.22 bits per heavy atom. The number of carbonyl (C=O) groups is 2. The number of anilines is 1. The van der Waals surface area contributed by atoms with Gasteiger partial charge in [-0.2, -0.15) is 0 Å². The summed E-state index contributed by atoms with van der Waals surface area (Å²) in [6, 6.07) is 18.9. The summed E-state index contributed by atoms with van der Waals surface area (Å²) in [5, 5.41) is 4.70. The molecule has 1 heterocycles. The second-order valence-corrected chi connectivity index (χ2v) is 7.29. The third kappa shape index (κ3) is 4.83. The molecule has 138 valence electrons. The van der Waals surface area contributed by atoms with Gasteiger partial charge in [-0.05, 0) is 53.3 Å². The van der Waals surface area contributed by atoms with Crippen LogP contribution in [0.25, 0.3) is 0 Å². The number of benzene rings is 2. The molecule has 27 heavy (non-hydrogen) atoms. The normalized spacial score (nSPS) is 10.4. The number of thiophene rings is 1.